The number of anilines is 1. The summed E-state index contributed by atoms with van der Waals surface area (Å²) < 4.78 is 5.38. The Labute approximate surface area is 129 Å². The number of oxazole rings is 1. The van der Waals surface area contributed by atoms with E-state index >= 15 is 0 Å². The van der Waals surface area contributed by atoms with Gasteiger partial charge in [-0.05, 0) is 44.9 Å². The molecule has 0 unspecified atom stereocenters. The summed E-state index contributed by atoms with van der Waals surface area (Å²) in [6, 6.07) is 5.24. The first-order chi connectivity index (χ1) is 10.5. The number of hydrogen-bond donors (Lipinski definition) is 3. The van der Waals surface area contributed by atoms with Gasteiger partial charge in [-0.2, -0.15) is 0 Å². The van der Waals surface area contributed by atoms with Crippen molar-refractivity contribution in [2.75, 3.05) is 11.9 Å². The van der Waals surface area contributed by atoms with Gasteiger partial charge in [0.25, 0.3) is 0 Å². The van der Waals surface area contributed by atoms with Crippen molar-refractivity contribution in [2.45, 2.75) is 33.2 Å². The van der Waals surface area contributed by atoms with Crippen LogP contribution in [0.5, 0.6) is 0 Å². The van der Waals surface area contributed by atoms with Crippen LogP contribution in [0.4, 0.5) is 10.5 Å². The molecule has 0 fully saturated rings. The van der Waals surface area contributed by atoms with Crippen molar-refractivity contribution in [1.29, 1.82) is 0 Å². The second-order valence-electron chi connectivity index (χ2n) is 5.34. The lowest BCUT2D eigenvalue weighted by Gasteiger charge is -2.15. The van der Waals surface area contributed by atoms with E-state index in [1.54, 1.807) is 6.26 Å². The van der Waals surface area contributed by atoms with Gasteiger partial charge in [0.15, 0.2) is 0 Å². The summed E-state index contributed by atoms with van der Waals surface area (Å²) in [5.41, 5.74) is 3.25. The molecule has 0 aliphatic heterocycles. The molecular weight excluding hydrogens is 282 g/mol. The molecular formula is C16H21N3O3. The largest absolute Gasteiger partial charge is 0.444 e. The minimum atomic E-state index is -0.301. The van der Waals surface area contributed by atoms with Crippen LogP contribution >= 0.6 is 0 Å². The highest BCUT2D eigenvalue weighted by Crippen LogP contribution is 2.24. The van der Waals surface area contributed by atoms with E-state index in [9.17, 15) is 4.79 Å². The van der Waals surface area contributed by atoms with Crippen molar-refractivity contribution in [3.05, 3.63) is 35.7 Å². The number of carbonyl (C=O) groups is 1. The average Bonchev–Trinajstić information content (AvgIpc) is 2.88. The molecule has 22 heavy (non-hydrogen) atoms. The zero-order chi connectivity index (χ0) is 16.1. The number of benzene rings is 1. The number of rotatable bonds is 5. The van der Waals surface area contributed by atoms with Crippen LogP contribution in [0.25, 0.3) is 11.5 Å². The number of hydrogen-bond acceptors (Lipinski definition) is 4. The first kappa shape index (κ1) is 16.0. The quantitative estimate of drug-likeness (QED) is 0.792. The summed E-state index contributed by atoms with van der Waals surface area (Å²) >= 11 is 0. The van der Waals surface area contributed by atoms with Crippen molar-refractivity contribution in [3.8, 4) is 11.5 Å². The molecule has 0 saturated carbocycles. The summed E-state index contributed by atoms with van der Waals surface area (Å²) in [5, 5.41) is 14.4. The van der Waals surface area contributed by atoms with Crippen molar-refractivity contribution < 1.29 is 14.3 Å². The lowest BCUT2D eigenvalue weighted by Crippen LogP contribution is -2.36. The molecule has 1 heterocycles. The molecule has 1 aromatic carbocycles. The van der Waals surface area contributed by atoms with Gasteiger partial charge < -0.3 is 20.2 Å². The Hall–Kier alpha value is -2.34. The maximum Gasteiger partial charge on any atom is 0.319 e. The second kappa shape index (κ2) is 7.09. The van der Waals surface area contributed by atoms with Crippen LogP contribution in [0.1, 0.15) is 24.6 Å². The monoisotopic (exact) mass is 303 g/mol. The third kappa shape index (κ3) is 4.08. The van der Waals surface area contributed by atoms with E-state index in [1.165, 1.54) is 0 Å². The van der Waals surface area contributed by atoms with Gasteiger partial charge in [-0.1, -0.05) is 6.07 Å². The van der Waals surface area contributed by atoms with E-state index in [2.05, 4.69) is 15.6 Å². The number of nitrogens with zero attached hydrogens (tertiary/aromatic N) is 1. The summed E-state index contributed by atoms with van der Waals surface area (Å²) in [6.07, 6.45) is 2.10. The Morgan fingerprint density at radius 2 is 2.18 bits per heavy atom. The Balaban J connectivity index is 2.12. The predicted octanol–water partition coefficient (Wildman–Crippen LogP) is 2.85. The second-order valence-corrected chi connectivity index (χ2v) is 5.34. The fourth-order valence-electron chi connectivity index (χ4n) is 2.02. The van der Waals surface area contributed by atoms with Crippen LogP contribution < -0.4 is 10.6 Å². The molecule has 6 heteroatoms. The molecule has 0 saturated heterocycles. The molecule has 0 bridgehead atoms. The molecule has 2 rings (SSSR count). The third-order valence-electron chi connectivity index (χ3n) is 3.29. The van der Waals surface area contributed by atoms with Crippen molar-refractivity contribution in [1.82, 2.24) is 10.3 Å². The number of aliphatic hydroxyl groups excluding tert-OH is 1. The van der Waals surface area contributed by atoms with Crippen molar-refractivity contribution >= 4 is 11.7 Å². The van der Waals surface area contributed by atoms with Crippen LogP contribution in [-0.4, -0.2) is 28.8 Å². The number of aryl methyl sites for hydroxylation is 2. The summed E-state index contributed by atoms with van der Waals surface area (Å²) in [5.74, 6) is 0.523. The van der Waals surface area contributed by atoms with E-state index < -0.39 is 0 Å². The van der Waals surface area contributed by atoms with Gasteiger partial charge >= 0.3 is 6.03 Å². The minimum absolute atomic E-state index is 0.0411. The van der Waals surface area contributed by atoms with Crippen LogP contribution in [0, 0.1) is 13.8 Å². The minimum Gasteiger partial charge on any atom is -0.444 e. The topological polar surface area (TPSA) is 87.4 Å². The first-order valence-corrected chi connectivity index (χ1v) is 7.21. The van der Waals surface area contributed by atoms with E-state index in [4.69, 9.17) is 9.52 Å². The fraction of sp³-hybridized carbons (Fsp3) is 0.375. The van der Waals surface area contributed by atoms with Gasteiger partial charge in [-0.25, -0.2) is 9.78 Å². The van der Waals surface area contributed by atoms with Crippen molar-refractivity contribution in [3.63, 3.8) is 0 Å². The molecule has 3 N–H and O–H groups in total. The maximum atomic E-state index is 12.0. The Morgan fingerprint density at radius 3 is 2.82 bits per heavy atom. The van der Waals surface area contributed by atoms with E-state index in [1.807, 2.05) is 39.0 Å². The van der Waals surface area contributed by atoms with E-state index in [0.29, 0.717) is 18.0 Å². The zero-order valence-electron chi connectivity index (χ0n) is 13.0. The Kier molecular flexibility index (Phi) is 5.16. The van der Waals surface area contributed by atoms with E-state index in [-0.39, 0.29) is 18.7 Å². The Bertz CT molecular complexity index is 652. The average molecular weight is 303 g/mol. The number of nitrogens with one attached hydrogen (secondary N) is 2. The highest BCUT2D eigenvalue weighted by atomic mass is 16.3. The number of urea groups is 1. The number of carbonyl (C=O) groups excluding carboxylic acids is 1. The number of aromatic nitrogens is 1. The lowest BCUT2D eigenvalue weighted by atomic mass is 10.1. The summed E-state index contributed by atoms with van der Waals surface area (Å²) in [4.78, 5) is 16.2. The molecule has 0 radical (unpaired) electrons. The molecule has 2 aromatic rings. The maximum absolute atomic E-state index is 12.0. The highest BCUT2D eigenvalue weighted by Gasteiger charge is 2.11. The molecule has 6 nitrogen and oxygen atoms in total. The molecule has 2 amide bonds. The number of aliphatic hydroxyl groups is 1. The molecule has 0 aliphatic carbocycles. The zero-order valence-corrected chi connectivity index (χ0v) is 13.0. The van der Waals surface area contributed by atoms with Crippen LogP contribution in [-0.2, 0) is 0 Å². The number of amides is 2. The highest BCUT2D eigenvalue weighted by molar-refractivity contribution is 5.91. The standard InChI is InChI=1S/C16H21N3O3/c1-10-4-5-13(15-17-12(3)9-22-15)8-14(10)19-16(21)18-11(2)6-7-20/h4-5,8-9,11,20H,6-7H2,1-3H3,(H2,18,19,21)/t11-/m1/s1. The molecule has 118 valence electrons. The smallest absolute Gasteiger partial charge is 0.319 e. The van der Waals surface area contributed by atoms with Crippen LogP contribution in [0.15, 0.2) is 28.9 Å². The van der Waals surface area contributed by atoms with Gasteiger partial charge in [-0.15, -0.1) is 0 Å². The van der Waals surface area contributed by atoms with Gasteiger partial charge in [0, 0.05) is 23.9 Å². The third-order valence-corrected chi connectivity index (χ3v) is 3.29. The van der Waals surface area contributed by atoms with Crippen LogP contribution in [0.3, 0.4) is 0 Å². The van der Waals surface area contributed by atoms with E-state index in [0.717, 1.165) is 16.8 Å². The fourth-order valence-corrected chi connectivity index (χ4v) is 2.02. The Morgan fingerprint density at radius 1 is 1.41 bits per heavy atom. The van der Waals surface area contributed by atoms with Gasteiger partial charge in [-0.3, -0.25) is 0 Å². The van der Waals surface area contributed by atoms with Gasteiger partial charge in [0.1, 0.15) is 6.26 Å². The van der Waals surface area contributed by atoms with Crippen LogP contribution in [0.2, 0.25) is 0 Å². The lowest BCUT2D eigenvalue weighted by molar-refractivity contribution is 0.241. The van der Waals surface area contributed by atoms with Gasteiger partial charge in [0.2, 0.25) is 5.89 Å². The SMILES string of the molecule is Cc1coc(-c2ccc(C)c(NC(=O)N[C@H](C)CCO)c2)n1. The normalized spacial score (nSPS) is 12.0. The summed E-state index contributed by atoms with van der Waals surface area (Å²) in [7, 11) is 0. The molecule has 1 atom stereocenters. The molecule has 0 aliphatic rings. The summed E-state index contributed by atoms with van der Waals surface area (Å²) in [6.45, 7) is 5.65. The first-order valence-electron chi connectivity index (χ1n) is 7.21. The molecule has 1 aromatic heterocycles. The van der Waals surface area contributed by atoms with Crippen molar-refractivity contribution in [2.24, 2.45) is 0 Å². The predicted molar refractivity (Wildman–Crippen MR) is 84.7 cm³/mol. The molecule has 0 spiro atoms. The van der Waals surface area contributed by atoms with Gasteiger partial charge in [0.05, 0.1) is 5.69 Å².